The van der Waals surface area contributed by atoms with Crippen LogP contribution in [0, 0.1) is 6.92 Å². The molecule has 0 aromatic heterocycles. The molecule has 4 rings (SSSR count). The summed E-state index contributed by atoms with van der Waals surface area (Å²) < 4.78 is 16.8. The highest BCUT2D eigenvalue weighted by Gasteiger charge is 2.29. The van der Waals surface area contributed by atoms with Gasteiger partial charge in [-0.15, -0.1) is 0 Å². The van der Waals surface area contributed by atoms with Crippen molar-refractivity contribution in [2.75, 3.05) is 19.8 Å². The second kappa shape index (κ2) is 10.7. The van der Waals surface area contributed by atoms with E-state index >= 15 is 0 Å². The number of fused-ring (bicyclic) bond motifs is 3. The van der Waals surface area contributed by atoms with Crippen molar-refractivity contribution in [3.05, 3.63) is 89.0 Å². The molecule has 0 saturated carbocycles. The first-order chi connectivity index (χ1) is 16.1. The Morgan fingerprint density at radius 3 is 2.42 bits per heavy atom. The molecule has 0 spiro atoms. The highest BCUT2D eigenvalue weighted by atomic mass is 16.6. The molecule has 2 atom stereocenters. The lowest BCUT2D eigenvalue weighted by Crippen LogP contribution is -2.28. The third-order valence-corrected chi connectivity index (χ3v) is 6.22. The Bertz CT molecular complexity index is 1090. The van der Waals surface area contributed by atoms with E-state index in [0.29, 0.717) is 32.2 Å². The molecule has 4 nitrogen and oxygen atoms in total. The normalized spacial score (nSPS) is 14.9. The lowest BCUT2D eigenvalue weighted by molar-refractivity contribution is -0.156. The summed E-state index contributed by atoms with van der Waals surface area (Å²) in [5.74, 6) is 0.873. The van der Waals surface area contributed by atoms with Gasteiger partial charge in [0.2, 0.25) is 0 Å². The van der Waals surface area contributed by atoms with Gasteiger partial charge in [-0.1, -0.05) is 54.6 Å². The lowest BCUT2D eigenvalue weighted by atomic mass is 9.93. The maximum atomic E-state index is 12.1. The zero-order valence-electron chi connectivity index (χ0n) is 19.7. The van der Waals surface area contributed by atoms with E-state index in [2.05, 4.69) is 49.4 Å². The van der Waals surface area contributed by atoms with E-state index in [4.69, 9.17) is 14.2 Å². The molecule has 0 aliphatic heterocycles. The van der Waals surface area contributed by atoms with E-state index in [1.54, 1.807) is 6.92 Å². The van der Waals surface area contributed by atoms with Crippen LogP contribution >= 0.6 is 0 Å². The minimum absolute atomic E-state index is 0.313. The topological polar surface area (TPSA) is 44.8 Å². The largest absolute Gasteiger partial charge is 0.494 e. The van der Waals surface area contributed by atoms with E-state index < -0.39 is 6.10 Å². The molecule has 3 aromatic carbocycles. The second-order valence-electron chi connectivity index (χ2n) is 8.36. The van der Waals surface area contributed by atoms with Crippen molar-refractivity contribution in [2.45, 2.75) is 45.6 Å². The summed E-state index contributed by atoms with van der Waals surface area (Å²) in [7, 11) is 0. The number of hydrogen-bond acceptors (Lipinski definition) is 4. The molecular formula is C29H32O4. The lowest BCUT2D eigenvalue weighted by Gasteiger charge is -2.16. The average molecular weight is 445 g/mol. The Hall–Kier alpha value is -3.11. The van der Waals surface area contributed by atoms with Crippen LogP contribution in [0.2, 0.25) is 0 Å². The standard InChI is InChI=1S/C29H32O4/c1-4-31-27(29(30)32-5-2)19-21-13-15-22(16-14-21)33-18-17-24-23-10-6-7-11-25(23)28-20(3)9-8-12-26(24)28/h6-16,24,27H,4-5,17-19H2,1-3H3. The fraction of sp³-hybridized carbons (Fsp3) is 0.345. The van der Waals surface area contributed by atoms with Gasteiger partial charge in [0, 0.05) is 18.9 Å². The average Bonchev–Trinajstić information content (AvgIpc) is 3.15. The van der Waals surface area contributed by atoms with Crippen LogP contribution in [0.3, 0.4) is 0 Å². The van der Waals surface area contributed by atoms with E-state index in [-0.39, 0.29) is 5.97 Å². The molecule has 0 bridgehead atoms. The molecule has 172 valence electrons. The zero-order valence-corrected chi connectivity index (χ0v) is 19.7. The van der Waals surface area contributed by atoms with Gasteiger partial charge in [-0.2, -0.15) is 0 Å². The summed E-state index contributed by atoms with van der Waals surface area (Å²) in [5, 5.41) is 0. The van der Waals surface area contributed by atoms with Crippen LogP contribution < -0.4 is 4.74 Å². The number of aryl methyl sites for hydroxylation is 1. The smallest absolute Gasteiger partial charge is 0.335 e. The van der Waals surface area contributed by atoms with Gasteiger partial charge in [-0.05, 0) is 72.7 Å². The molecule has 1 aliphatic carbocycles. The zero-order chi connectivity index (χ0) is 23.2. The minimum atomic E-state index is -0.576. The van der Waals surface area contributed by atoms with Crippen molar-refractivity contribution < 1.29 is 19.0 Å². The first-order valence-electron chi connectivity index (χ1n) is 11.8. The number of rotatable bonds is 10. The monoisotopic (exact) mass is 444 g/mol. The van der Waals surface area contributed by atoms with Crippen LogP contribution in [-0.4, -0.2) is 31.9 Å². The summed E-state index contributed by atoms with van der Waals surface area (Å²) in [6, 6.07) is 23.2. The van der Waals surface area contributed by atoms with Gasteiger partial charge < -0.3 is 14.2 Å². The summed E-state index contributed by atoms with van der Waals surface area (Å²) >= 11 is 0. The number of carbonyl (C=O) groups excluding carboxylic acids is 1. The Kier molecular flexibility index (Phi) is 7.46. The minimum Gasteiger partial charge on any atom is -0.494 e. The highest BCUT2D eigenvalue weighted by molar-refractivity contribution is 5.81. The fourth-order valence-electron chi connectivity index (χ4n) is 4.73. The van der Waals surface area contributed by atoms with Crippen LogP contribution in [0.1, 0.15) is 48.4 Å². The number of benzene rings is 3. The Morgan fingerprint density at radius 2 is 1.67 bits per heavy atom. The van der Waals surface area contributed by atoms with Gasteiger partial charge in [0.25, 0.3) is 0 Å². The third-order valence-electron chi connectivity index (χ3n) is 6.22. The summed E-state index contributed by atoms with van der Waals surface area (Å²) in [4.78, 5) is 12.1. The molecule has 0 radical (unpaired) electrons. The van der Waals surface area contributed by atoms with Crippen molar-refractivity contribution in [3.8, 4) is 16.9 Å². The molecule has 2 unspecified atom stereocenters. The van der Waals surface area contributed by atoms with E-state index in [1.165, 1.54) is 27.8 Å². The van der Waals surface area contributed by atoms with Gasteiger partial charge >= 0.3 is 5.97 Å². The molecule has 0 N–H and O–H groups in total. The summed E-state index contributed by atoms with van der Waals surface area (Å²) in [6.45, 7) is 7.33. The molecule has 0 heterocycles. The van der Waals surface area contributed by atoms with Crippen LogP contribution in [0.15, 0.2) is 66.7 Å². The number of hydrogen-bond donors (Lipinski definition) is 0. The van der Waals surface area contributed by atoms with Gasteiger partial charge in [0.05, 0.1) is 13.2 Å². The summed E-state index contributed by atoms with van der Waals surface area (Å²) in [6.07, 6.45) is 0.833. The molecule has 33 heavy (non-hydrogen) atoms. The number of ether oxygens (including phenoxy) is 3. The quantitative estimate of drug-likeness (QED) is 0.355. The van der Waals surface area contributed by atoms with Gasteiger partial charge in [-0.3, -0.25) is 0 Å². The van der Waals surface area contributed by atoms with Crippen LogP contribution in [0.4, 0.5) is 0 Å². The van der Waals surface area contributed by atoms with E-state index in [9.17, 15) is 4.79 Å². The fourth-order valence-corrected chi connectivity index (χ4v) is 4.73. The predicted octanol–water partition coefficient (Wildman–Crippen LogP) is 6.09. The van der Waals surface area contributed by atoms with Gasteiger partial charge in [0.1, 0.15) is 5.75 Å². The van der Waals surface area contributed by atoms with Gasteiger partial charge in [-0.25, -0.2) is 4.79 Å². The molecule has 0 amide bonds. The molecule has 3 aromatic rings. The molecule has 0 saturated heterocycles. The second-order valence-corrected chi connectivity index (χ2v) is 8.36. The third kappa shape index (κ3) is 5.12. The van der Waals surface area contributed by atoms with Crippen LogP contribution in [0.25, 0.3) is 11.1 Å². The van der Waals surface area contributed by atoms with Crippen LogP contribution in [0.5, 0.6) is 5.75 Å². The maximum absolute atomic E-state index is 12.1. The maximum Gasteiger partial charge on any atom is 0.335 e. The Labute approximate surface area is 196 Å². The molecular weight excluding hydrogens is 412 g/mol. The molecule has 4 heteroatoms. The molecule has 1 aliphatic rings. The van der Waals surface area contributed by atoms with E-state index in [0.717, 1.165) is 17.7 Å². The summed E-state index contributed by atoms with van der Waals surface area (Å²) in [5.41, 5.74) is 7.87. The van der Waals surface area contributed by atoms with Crippen molar-refractivity contribution in [1.82, 2.24) is 0 Å². The Morgan fingerprint density at radius 1 is 0.909 bits per heavy atom. The first kappa shape index (κ1) is 23.1. The van der Waals surface area contributed by atoms with E-state index in [1.807, 2.05) is 31.2 Å². The van der Waals surface area contributed by atoms with Crippen molar-refractivity contribution in [2.24, 2.45) is 0 Å². The first-order valence-corrected chi connectivity index (χ1v) is 11.8. The Balaban J connectivity index is 1.38. The highest BCUT2D eigenvalue weighted by Crippen LogP contribution is 2.47. The number of carbonyl (C=O) groups is 1. The van der Waals surface area contributed by atoms with Crippen LogP contribution in [-0.2, 0) is 20.7 Å². The number of esters is 1. The van der Waals surface area contributed by atoms with Crippen molar-refractivity contribution in [3.63, 3.8) is 0 Å². The molecule has 0 fully saturated rings. The van der Waals surface area contributed by atoms with Crippen molar-refractivity contribution in [1.29, 1.82) is 0 Å². The predicted molar refractivity (Wildman–Crippen MR) is 131 cm³/mol. The SMILES string of the molecule is CCOC(=O)C(Cc1ccc(OCCC2c3ccccc3-c3c(C)cccc32)cc1)OCC. The van der Waals surface area contributed by atoms with Gasteiger partial charge in [0.15, 0.2) is 6.10 Å². The van der Waals surface area contributed by atoms with Crippen molar-refractivity contribution >= 4 is 5.97 Å².